The molecule has 0 heterocycles. The predicted molar refractivity (Wildman–Crippen MR) is 66.1 cm³/mol. The molecule has 0 saturated heterocycles. The molecule has 0 amide bonds. The summed E-state index contributed by atoms with van der Waals surface area (Å²) in [4.78, 5) is 10.6. The lowest BCUT2D eigenvalue weighted by Crippen LogP contribution is -1.97. The quantitative estimate of drug-likeness (QED) is 0.709. The number of aryl methyl sites for hydroxylation is 1. The fourth-order valence-electron chi connectivity index (χ4n) is 1.53. The highest BCUT2D eigenvalue weighted by atomic mass is 16.5. The topological polar surface area (TPSA) is 26.3 Å². The van der Waals surface area contributed by atoms with Crippen LogP contribution >= 0.6 is 0 Å². The van der Waals surface area contributed by atoms with E-state index in [1.54, 1.807) is 0 Å². The maximum atomic E-state index is 10.6. The first-order chi connectivity index (χ1) is 7.74. The molecule has 0 spiro atoms. The van der Waals surface area contributed by atoms with E-state index in [1.165, 1.54) is 18.1 Å². The van der Waals surface area contributed by atoms with Crippen molar-refractivity contribution in [3.8, 4) is 0 Å². The number of carbonyl (C=O) groups excluding carboxylic acids is 1. The Morgan fingerprint density at radius 1 is 1.38 bits per heavy atom. The number of rotatable bonds is 5. The van der Waals surface area contributed by atoms with E-state index >= 15 is 0 Å². The second kappa shape index (κ2) is 6.83. The Kier molecular flexibility index (Phi) is 5.34. The molecule has 0 unspecified atom stereocenters. The fraction of sp³-hybridized carbons (Fsp3) is 0.357. The fourth-order valence-corrected chi connectivity index (χ4v) is 1.53. The molecule has 0 saturated carbocycles. The summed E-state index contributed by atoms with van der Waals surface area (Å²) in [6, 6.07) is 8.28. The van der Waals surface area contributed by atoms with E-state index < -0.39 is 0 Å². The van der Waals surface area contributed by atoms with Crippen LogP contribution in [0.25, 0.3) is 6.08 Å². The Labute approximate surface area is 96.9 Å². The van der Waals surface area contributed by atoms with Crippen LogP contribution in [0.4, 0.5) is 0 Å². The summed E-state index contributed by atoms with van der Waals surface area (Å²) in [5.41, 5.74) is 2.54. The summed E-state index contributed by atoms with van der Waals surface area (Å²) in [5.74, 6) is -0.244. The van der Waals surface area contributed by atoms with Crippen LogP contribution in [0.3, 0.4) is 0 Å². The Morgan fingerprint density at radius 2 is 2.12 bits per heavy atom. The lowest BCUT2D eigenvalue weighted by atomic mass is 10.0. The van der Waals surface area contributed by atoms with Gasteiger partial charge in [-0.2, -0.15) is 0 Å². The molecule has 0 atom stereocenters. The van der Waals surface area contributed by atoms with Crippen molar-refractivity contribution < 1.29 is 9.53 Å². The van der Waals surface area contributed by atoms with Gasteiger partial charge in [-0.3, -0.25) is 4.79 Å². The maximum absolute atomic E-state index is 10.6. The molecule has 0 aliphatic heterocycles. The zero-order valence-corrected chi connectivity index (χ0v) is 9.90. The first-order valence-corrected chi connectivity index (χ1v) is 5.62. The van der Waals surface area contributed by atoms with Crippen LogP contribution in [0.2, 0.25) is 0 Å². The molecule has 0 radical (unpaired) electrons. The summed E-state index contributed by atoms with van der Waals surface area (Å²) in [6.07, 6.45) is 6.09. The van der Waals surface area contributed by atoms with Crippen LogP contribution in [0.15, 0.2) is 30.3 Å². The second-order valence-electron chi connectivity index (χ2n) is 3.65. The minimum Gasteiger partial charge on any atom is -0.462 e. The highest BCUT2D eigenvalue weighted by molar-refractivity contribution is 5.66. The Morgan fingerprint density at radius 3 is 2.81 bits per heavy atom. The van der Waals surface area contributed by atoms with Crippen LogP contribution in [-0.2, 0) is 16.0 Å². The third-order valence-electron chi connectivity index (χ3n) is 2.25. The second-order valence-corrected chi connectivity index (χ2v) is 3.65. The van der Waals surface area contributed by atoms with Crippen molar-refractivity contribution in [1.82, 2.24) is 0 Å². The van der Waals surface area contributed by atoms with E-state index in [1.807, 2.05) is 18.2 Å². The number of hydrogen-bond donors (Lipinski definition) is 0. The average molecular weight is 218 g/mol. The molecule has 1 aromatic rings. The molecule has 2 nitrogen and oxygen atoms in total. The molecule has 0 N–H and O–H groups in total. The van der Waals surface area contributed by atoms with Gasteiger partial charge in [-0.25, -0.2) is 0 Å². The van der Waals surface area contributed by atoms with Crippen molar-refractivity contribution in [2.45, 2.75) is 26.7 Å². The summed E-state index contributed by atoms with van der Waals surface area (Å²) < 4.78 is 4.84. The number of ether oxygens (including phenoxy) is 1. The Hall–Kier alpha value is -1.57. The lowest BCUT2D eigenvalue weighted by molar-refractivity contribution is -0.139. The smallest absolute Gasteiger partial charge is 0.302 e. The van der Waals surface area contributed by atoms with Gasteiger partial charge in [0.1, 0.15) is 6.61 Å². The Balaban J connectivity index is 2.61. The number of carbonyl (C=O) groups is 1. The van der Waals surface area contributed by atoms with E-state index in [9.17, 15) is 4.79 Å². The van der Waals surface area contributed by atoms with Crippen molar-refractivity contribution >= 4 is 12.0 Å². The SMILES string of the molecule is CCCc1ccccc1C=CCOC(C)=O. The largest absolute Gasteiger partial charge is 0.462 e. The van der Waals surface area contributed by atoms with Crippen LogP contribution in [0, 0.1) is 0 Å². The zero-order valence-electron chi connectivity index (χ0n) is 9.90. The summed E-state index contributed by atoms with van der Waals surface area (Å²) in [6.45, 7) is 3.92. The lowest BCUT2D eigenvalue weighted by Gasteiger charge is -2.03. The van der Waals surface area contributed by atoms with E-state index in [0.717, 1.165) is 12.8 Å². The van der Waals surface area contributed by atoms with Gasteiger partial charge in [0.2, 0.25) is 0 Å². The van der Waals surface area contributed by atoms with Gasteiger partial charge in [-0.05, 0) is 23.6 Å². The normalized spacial score (nSPS) is 10.6. The first-order valence-electron chi connectivity index (χ1n) is 5.62. The minimum absolute atomic E-state index is 0.244. The van der Waals surface area contributed by atoms with Gasteiger partial charge in [0.15, 0.2) is 0 Å². The molecule has 0 bridgehead atoms. The van der Waals surface area contributed by atoms with Crippen LogP contribution in [0.1, 0.15) is 31.4 Å². The summed E-state index contributed by atoms with van der Waals surface area (Å²) in [7, 11) is 0. The molecule has 0 fully saturated rings. The van der Waals surface area contributed by atoms with Gasteiger partial charge in [0.25, 0.3) is 0 Å². The van der Waals surface area contributed by atoms with E-state index in [4.69, 9.17) is 4.74 Å². The van der Waals surface area contributed by atoms with E-state index in [-0.39, 0.29) is 5.97 Å². The predicted octanol–water partition coefficient (Wildman–Crippen LogP) is 3.22. The van der Waals surface area contributed by atoms with Crippen molar-refractivity contribution in [1.29, 1.82) is 0 Å². The van der Waals surface area contributed by atoms with Gasteiger partial charge in [0.05, 0.1) is 0 Å². The first kappa shape index (κ1) is 12.5. The van der Waals surface area contributed by atoms with E-state index in [2.05, 4.69) is 25.1 Å². The van der Waals surface area contributed by atoms with Crippen LogP contribution in [-0.4, -0.2) is 12.6 Å². The van der Waals surface area contributed by atoms with Gasteiger partial charge in [-0.1, -0.05) is 43.7 Å². The third-order valence-corrected chi connectivity index (χ3v) is 2.25. The summed E-state index contributed by atoms with van der Waals surface area (Å²) >= 11 is 0. The molecule has 1 rings (SSSR count). The molecule has 0 aromatic heterocycles. The minimum atomic E-state index is -0.244. The van der Waals surface area contributed by atoms with Crippen molar-refractivity contribution in [2.75, 3.05) is 6.61 Å². The molecule has 1 aromatic carbocycles. The summed E-state index contributed by atoms with van der Waals surface area (Å²) in [5, 5.41) is 0. The van der Waals surface area contributed by atoms with Crippen molar-refractivity contribution in [3.63, 3.8) is 0 Å². The highest BCUT2D eigenvalue weighted by Gasteiger charge is 1.96. The van der Waals surface area contributed by atoms with E-state index in [0.29, 0.717) is 6.61 Å². The van der Waals surface area contributed by atoms with Crippen molar-refractivity contribution in [3.05, 3.63) is 41.5 Å². The molecule has 16 heavy (non-hydrogen) atoms. The zero-order chi connectivity index (χ0) is 11.8. The van der Waals surface area contributed by atoms with Crippen LogP contribution in [0.5, 0.6) is 0 Å². The maximum Gasteiger partial charge on any atom is 0.302 e. The van der Waals surface area contributed by atoms with Gasteiger partial charge in [0, 0.05) is 6.92 Å². The van der Waals surface area contributed by atoms with Crippen LogP contribution < -0.4 is 0 Å². The number of esters is 1. The monoisotopic (exact) mass is 218 g/mol. The van der Waals surface area contributed by atoms with Gasteiger partial charge >= 0.3 is 5.97 Å². The van der Waals surface area contributed by atoms with Gasteiger partial charge < -0.3 is 4.74 Å². The molecule has 2 heteroatoms. The standard InChI is InChI=1S/C14H18O2/c1-3-7-13-8-4-5-9-14(13)10-6-11-16-12(2)15/h4-6,8-10H,3,7,11H2,1-2H3. The molecular weight excluding hydrogens is 200 g/mol. The average Bonchev–Trinajstić information content (AvgIpc) is 2.26. The molecule has 86 valence electrons. The van der Waals surface area contributed by atoms with Gasteiger partial charge in [-0.15, -0.1) is 0 Å². The Bertz CT molecular complexity index is 367. The number of benzene rings is 1. The number of hydrogen-bond acceptors (Lipinski definition) is 2. The highest BCUT2D eigenvalue weighted by Crippen LogP contribution is 2.12. The molecule has 0 aliphatic rings. The molecule has 0 aliphatic carbocycles. The van der Waals surface area contributed by atoms with Crippen molar-refractivity contribution in [2.24, 2.45) is 0 Å². The third kappa shape index (κ3) is 4.30. The molecular formula is C14H18O2.